The van der Waals surface area contributed by atoms with Crippen LogP contribution >= 0.6 is 0 Å². The molecule has 0 bridgehead atoms. The van der Waals surface area contributed by atoms with E-state index in [9.17, 15) is 4.79 Å². The molecule has 4 nitrogen and oxygen atoms in total. The van der Waals surface area contributed by atoms with E-state index in [0.29, 0.717) is 6.61 Å². The molecule has 0 saturated heterocycles. The fraction of sp³-hybridized carbons (Fsp3) is 0.773. The van der Waals surface area contributed by atoms with Crippen molar-refractivity contribution in [2.24, 2.45) is 5.41 Å². The topological polar surface area (TPSA) is 44.8 Å². The summed E-state index contributed by atoms with van der Waals surface area (Å²) >= 11 is 0. The van der Waals surface area contributed by atoms with Crippen LogP contribution in [0.1, 0.15) is 79.6 Å². The molecule has 0 aromatic heterocycles. The van der Waals surface area contributed by atoms with Crippen molar-refractivity contribution < 1.29 is 19.0 Å². The zero-order valence-electron chi connectivity index (χ0n) is 17.1. The molecule has 0 radical (unpaired) electrons. The Hall–Kier alpha value is -1.31. The van der Waals surface area contributed by atoms with Crippen LogP contribution in [0.15, 0.2) is 11.1 Å². The van der Waals surface area contributed by atoms with Gasteiger partial charge in [-0.1, -0.05) is 36.8 Å². The van der Waals surface area contributed by atoms with Gasteiger partial charge in [-0.05, 0) is 64.2 Å². The molecule has 26 heavy (non-hydrogen) atoms. The van der Waals surface area contributed by atoms with Crippen LogP contribution in [0.4, 0.5) is 0 Å². The van der Waals surface area contributed by atoms with Gasteiger partial charge in [0.05, 0.1) is 0 Å². The van der Waals surface area contributed by atoms with Crippen LogP contribution in [0.25, 0.3) is 0 Å². The third kappa shape index (κ3) is 5.59. The molecule has 0 N–H and O–H groups in total. The van der Waals surface area contributed by atoms with Crippen LogP contribution < -0.4 is 0 Å². The van der Waals surface area contributed by atoms with Crippen molar-refractivity contribution in [1.29, 1.82) is 0 Å². The van der Waals surface area contributed by atoms with Crippen molar-refractivity contribution in [3.05, 3.63) is 11.1 Å². The van der Waals surface area contributed by atoms with E-state index < -0.39 is 5.60 Å². The lowest BCUT2D eigenvalue weighted by atomic mass is 9.71. The molecule has 0 saturated carbocycles. The van der Waals surface area contributed by atoms with Gasteiger partial charge in [0.25, 0.3) is 0 Å². The quantitative estimate of drug-likeness (QED) is 0.306. The maximum Gasteiger partial charge on any atom is 0.303 e. The largest absolute Gasteiger partial charge is 0.453 e. The maximum atomic E-state index is 11.0. The second-order valence-electron chi connectivity index (χ2n) is 8.04. The van der Waals surface area contributed by atoms with Crippen molar-refractivity contribution in [1.82, 2.24) is 0 Å². The Labute approximate surface area is 158 Å². The molecular formula is C22H34O4. The normalized spacial score (nSPS) is 26.2. The number of allylic oxidation sites excluding steroid dienone is 2. The SMILES string of the molecule is CCOC(C)OC1(C#CCOC(C)=O)CCC2=C(CC1)C(C)(C)CCC2. The molecule has 2 aliphatic rings. The summed E-state index contributed by atoms with van der Waals surface area (Å²) < 4.78 is 16.9. The molecule has 0 heterocycles. The molecule has 2 rings (SSSR count). The highest BCUT2D eigenvalue weighted by Crippen LogP contribution is 2.47. The first-order valence-corrected chi connectivity index (χ1v) is 9.92. The second-order valence-corrected chi connectivity index (χ2v) is 8.04. The first-order chi connectivity index (χ1) is 12.3. The summed E-state index contributed by atoms with van der Waals surface area (Å²) in [5, 5.41) is 0. The zero-order valence-corrected chi connectivity index (χ0v) is 17.1. The van der Waals surface area contributed by atoms with Gasteiger partial charge in [-0.25, -0.2) is 0 Å². The minimum Gasteiger partial charge on any atom is -0.453 e. The van der Waals surface area contributed by atoms with Gasteiger partial charge < -0.3 is 14.2 Å². The van der Waals surface area contributed by atoms with Crippen LogP contribution in [0.2, 0.25) is 0 Å². The second kappa shape index (κ2) is 9.06. The molecule has 0 fully saturated rings. The summed E-state index contributed by atoms with van der Waals surface area (Å²) in [5.74, 6) is 6.00. The van der Waals surface area contributed by atoms with Crippen LogP contribution in [0, 0.1) is 17.3 Å². The third-order valence-electron chi connectivity index (χ3n) is 5.59. The lowest BCUT2D eigenvalue weighted by Gasteiger charge is -2.35. The van der Waals surface area contributed by atoms with E-state index in [1.165, 1.54) is 26.2 Å². The van der Waals surface area contributed by atoms with Crippen LogP contribution in [-0.4, -0.2) is 31.1 Å². The Morgan fingerprint density at radius 2 is 1.92 bits per heavy atom. The van der Waals surface area contributed by atoms with Crippen LogP contribution in [-0.2, 0) is 19.0 Å². The van der Waals surface area contributed by atoms with Gasteiger partial charge in [0.15, 0.2) is 12.9 Å². The van der Waals surface area contributed by atoms with Crippen LogP contribution in [0.3, 0.4) is 0 Å². The van der Waals surface area contributed by atoms with E-state index in [4.69, 9.17) is 14.2 Å². The highest BCUT2D eigenvalue weighted by molar-refractivity contribution is 5.66. The van der Waals surface area contributed by atoms with Gasteiger partial charge in [-0.15, -0.1) is 0 Å². The molecule has 2 unspecified atom stereocenters. The van der Waals surface area contributed by atoms with E-state index >= 15 is 0 Å². The number of carbonyl (C=O) groups is 1. The Morgan fingerprint density at radius 3 is 2.62 bits per heavy atom. The Kier molecular flexibility index (Phi) is 7.32. The molecule has 0 aromatic carbocycles. The molecular weight excluding hydrogens is 328 g/mol. The number of carbonyl (C=O) groups excluding carboxylic acids is 1. The predicted molar refractivity (Wildman–Crippen MR) is 102 cm³/mol. The predicted octanol–water partition coefficient (Wildman–Crippen LogP) is 4.77. The molecule has 0 spiro atoms. The van der Waals surface area contributed by atoms with Crippen LogP contribution in [0.5, 0.6) is 0 Å². The van der Waals surface area contributed by atoms with Crippen molar-refractivity contribution in [2.45, 2.75) is 91.5 Å². The standard InChI is InChI=1S/C22H34O4/c1-6-24-18(3)26-22(13-8-16-25-17(2)23)14-10-19-9-7-12-21(4,5)20(19)11-15-22/h18H,6-7,9-12,14-16H2,1-5H3. The zero-order chi connectivity index (χ0) is 19.2. The molecule has 0 aliphatic heterocycles. The summed E-state index contributed by atoms with van der Waals surface area (Å²) in [4.78, 5) is 11.0. The van der Waals surface area contributed by atoms with Crippen molar-refractivity contribution in [3.63, 3.8) is 0 Å². The lowest BCUT2D eigenvalue weighted by molar-refractivity contribution is -0.184. The molecule has 4 heteroatoms. The summed E-state index contributed by atoms with van der Waals surface area (Å²) in [5.41, 5.74) is 2.96. The summed E-state index contributed by atoms with van der Waals surface area (Å²) in [6.45, 7) is 10.8. The van der Waals surface area contributed by atoms with E-state index in [2.05, 4.69) is 25.7 Å². The molecule has 2 aliphatic carbocycles. The highest BCUT2D eigenvalue weighted by atomic mass is 16.7. The number of hydrogen-bond donors (Lipinski definition) is 0. The number of ether oxygens (including phenoxy) is 3. The van der Waals surface area contributed by atoms with Gasteiger partial charge in [-0.3, -0.25) is 4.79 Å². The minimum atomic E-state index is -0.540. The van der Waals surface area contributed by atoms with Crippen molar-refractivity contribution in [3.8, 4) is 11.8 Å². The first kappa shape index (κ1) is 21.0. The van der Waals surface area contributed by atoms with E-state index in [0.717, 1.165) is 25.7 Å². The monoisotopic (exact) mass is 362 g/mol. The molecule has 2 atom stereocenters. The highest BCUT2D eigenvalue weighted by Gasteiger charge is 2.38. The Balaban J connectivity index is 2.18. The van der Waals surface area contributed by atoms with Crippen molar-refractivity contribution >= 4 is 5.97 Å². The minimum absolute atomic E-state index is 0.113. The summed E-state index contributed by atoms with van der Waals surface area (Å²) in [6, 6.07) is 0. The number of hydrogen-bond acceptors (Lipinski definition) is 4. The fourth-order valence-electron chi connectivity index (χ4n) is 4.31. The maximum absolute atomic E-state index is 11.0. The average Bonchev–Trinajstić information content (AvgIpc) is 2.73. The average molecular weight is 363 g/mol. The van der Waals surface area contributed by atoms with Gasteiger partial charge in [-0.2, -0.15) is 0 Å². The smallest absolute Gasteiger partial charge is 0.303 e. The molecule has 0 amide bonds. The Morgan fingerprint density at radius 1 is 1.19 bits per heavy atom. The van der Waals surface area contributed by atoms with E-state index in [1.807, 2.05) is 13.8 Å². The third-order valence-corrected chi connectivity index (χ3v) is 5.59. The van der Waals surface area contributed by atoms with Crippen molar-refractivity contribution in [2.75, 3.05) is 13.2 Å². The lowest BCUT2D eigenvalue weighted by Crippen LogP contribution is -2.35. The number of rotatable bonds is 5. The molecule has 0 aromatic rings. The van der Waals surface area contributed by atoms with E-state index in [-0.39, 0.29) is 24.3 Å². The van der Waals surface area contributed by atoms with Gasteiger partial charge in [0, 0.05) is 13.5 Å². The van der Waals surface area contributed by atoms with Gasteiger partial charge in [0.2, 0.25) is 0 Å². The summed E-state index contributed by atoms with van der Waals surface area (Å²) in [7, 11) is 0. The first-order valence-electron chi connectivity index (χ1n) is 9.92. The fourth-order valence-corrected chi connectivity index (χ4v) is 4.31. The van der Waals surface area contributed by atoms with Gasteiger partial charge in [0.1, 0.15) is 5.60 Å². The molecule has 146 valence electrons. The number of esters is 1. The summed E-state index contributed by atoms with van der Waals surface area (Å²) in [6.07, 6.45) is 7.21. The van der Waals surface area contributed by atoms with Gasteiger partial charge >= 0.3 is 5.97 Å². The Bertz CT molecular complexity index is 593. The van der Waals surface area contributed by atoms with E-state index in [1.54, 1.807) is 11.1 Å².